The van der Waals surface area contributed by atoms with E-state index in [1.165, 1.54) is 5.69 Å². The molecule has 0 aromatic carbocycles. The van der Waals surface area contributed by atoms with Crippen LogP contribution in [-0.4, -0.2) is 29.5 Å². The highest BCUT2D eigenvalue weighted by Crippen LogP contribution is 2.28. The molecular formula is C14H27N3O. The van der Waals surface area contributed by atoms with Gasteiger partial charge in [-0.2, -0.15) is 5.10 Å². The summed E-state index contributed by atoms with van der Waals surface area (Å²) in [6, 6.07) is 0.541. The number of nitrogens with one attached hydrogen (secondary N) is 1. The van der Waals surface area contributed by atoms with Crippen molar-refractivity contribution in [1.29, 1.82) is 0 Å². The van der Waals surface area contributed by atoms with Crippen LogP contribution >= 0.6 is 0 Å². The largest absolute Gasteiger partial charge is 0.493 e. The lowest BCUT2D eigenvalue weighted by atomic mass is 10.0. The van der Waals surface area contributed by atoms with Crippen LogP contribution in [0.15, 0.2) is 6.20 Å². The predicted molar refractivity (Wildman–Crippen MR) is 75.2 cm³/mol. The van der Waals surface area contributed by atoms with Gasteiger partial charge in [0, 0.05) is 18.5 Å². The number of aromatic nitrogens is 2. The Labute approximate surface area is 111 Å². The van der Waals surface area contributed by atoms with Gasteiger partial charge in [-0.1, -0.05) is 27.7 Å². The van der Waals surface area contributed by atoms with E-state index in [-0.39, 0.29) is 0 Å². The van der Waals surface area contributed by atoms with Crippen LogP contribution in [0.2, 0.25) is 0 Å². The second kappa shape index (κ2) is 7.41. The number of ether oxygens (including phenoxy) is 1. The van der Waals surface area contributed by atoms with Crippen molar-refractivity contribution in [3.05, 3.63) is 11.9 Å². The molecule has 0 fully saturated rings. The van der Waals surface area contributed by atoms with Crippen molar-refractivity contribution in [1.82, 2.24) is 15.1 Å². The zero-order valence-corrected chi connectivity index (χ0v) is 12.4. The third-order valence-corrected chi connectivity index (χ3v) is 3.10. The molecule has 1 N–H and O–H groups in total. The molecule has 1 unspecified atom stereocenters. The van der Waals surface area contributed by atoms with Gasteiger partial charge in [-0.05, 0) is 19.4 Å². The molecule has 0 saturated carbocycles. The molecule has 0 spiro atoms. The highest BCUT2D eigenvalue weighted by atomic mass is 16.5. The normalized spacial score (nSPS) is 13.0. The van der Waals surface area contributed by atoms with Crippen LogP contribution in [0.25, 0.3) is 0 Å². The van der Waals surface area contributed by atoms with Crippen LogP contribution in [0.5, 0.6) is 5.75 Å². The average molecular weight is 253 g/mol. The first-order chi connectivity index (χ1) is 8.60. The number of methoxy groups -OCH3 is 1. The molecule has 0 radical (unpaired) electrons. The molecule has 0 aliphatic carbocycles. The molecule has 0 saturated heterocycles. The summed E-state index contributed by atoms with van der Waals surface area (Å²) in [5.41, 5.74) is 1.23. The minimum atomic E-state index is 0.459. The zero-order valence-electron chi connectivity index (χ0n) is 12.4. The summed E-state index contributed by atoms with van der Waals surface area (Å²) in [4.78, 5) is 0. The highest BCUT2D eigenvalue weighted by Gasteiger charge is 2.17. The standard InChI is InChI=1S/C14H27N3O/c1-6-9-17-14(13(18-5)10-16-17)12(4)7-8-15-11(2)3/h10-12,15H,6-9H2,1-5H3. The second-order valence-electron chi connectivity index (χ2n) is 5.12. The molecule has 0 amide bonds. The maximum absolute atomic E-state index is 5.42. The quantitative estimate of drug-likeness (QED) is 0.774. The van der Waals surface area contributed by atoms with E-state index in [1.54, 1.807) is 7.11 Å². The molecule has 18 heavy (non-hydrogen) atoms. The fraction of sp³-hybridized carbons (Fsp3) is 0.786. The van der Waals surface area contributed by atoms with Gasteiger partial charge in [-0.3, -0.25) is 4.68 Å². The minimum Gasteiger partial charge on any atom is -0.493 e. The van der Waals surface area contributed by atoms with E-state index in [2.05, 4.69) is 42.8 Å². The van der Waals surface area contributed by atoms with Gasteiger partial charge in [0.25, 0.3) is 0 Å². The van der Waals surface area contributed by atoms with Crippen molar-refractivity contribution in [2.24, 2.45) is 0 Å². The van der Waals surface area contributed by atoms with Crippen LogP contribution in [0.1, 0.15) is 52.1 Å². The summed E-state index contributed by atoms with van der Waals surface area (Å²) in [7, 11) is 1.72. The molecule has 0 aliphatic heterocycles. The van der Waals surface area contributed by atoms with Gasteiger partial charge in [-0.15, -0.1) is 0 Å². The maximum Gasteiger partial charge on any atom is 0.160 e. The summed E-state index contributed by atoms with van der Waals surface area (Å²) >= 11 is 0. The van der Waals surface area contributed by atoms with Crippen molar-refractivity contribution in [2.75, 3.05) is 13.7 Å². The van der Waals surface area contributed by atoms with Gasteiger partial charge in [0.05, 0.1) is 19.0 Å². The fourth-order valence-electron chi connectivity index (χ4n) is 2.15. The molecule has 4 nitrogen and oxygen atoms in total. The Hall–Kier alpha value is -1.03. The van der Waals surface area contributed by atoms with E-state index in [0.717, 1.165) is 31.7 Å². The Morgan fingerprint density at radius 1 is 1.39 bits per heavy atom. The van der Waals surface area contributed by atoms with E-state index in [9.17, 15) is 0 Å². The monoisotopic (exact) mass is 253 g/mol. The third kappa shape index (κ3) is 4.02. The molecule has 4 heteroatoms. The molecule has 0 aliphatic rings. The SMILES string of the molecule is CCCn1ncc(OC)c1C(C)CCNC(C)C. The molecule has 1 atom stereocenters. The van der Waals surface area contributed by atoms with E-state index < -0.39 is 0 Å². The lowest BCUT2D eigenvalue weighted by Crippen LogP contribution is -2.25. The van der Waals surface area contributed by atoms with E-state index in [0.29, 0.717) is 12.0 Å². The van der Waals surface area contributed by atoms with E-state index in [4.69, 9.17) is 4.74 Å². The fourth-order valence-corrected chi connectivity index (χ4v) is 2.15. The first kappa shape index (κ1) is 15.0. The number of hydrogen-bond acceptors (Lipinski definition) is 3. The highest BCUT2D eigenvalue weighted by molar-refractivity contribution is 5.28. The summed E-state index contributed by atoms with van der Waals surface area (Å²) in [5.74, 6) is 1.38. The molecule has 104 valence electrons. The van der Waals surface area contributed by atoms with Crippen molar-refractivity contribution in [3.63, 3.8) is 0 Å². The van der Waals surface area contributed by atoms with Gasteiger partial charge in [0.2, 0.25) is 0 Å². The zero-order chi connectivity index (χ0) is 13.5. The Bertz CT molecular complexity index is 347. The Morgan fingerprint density at radius 3 is 2.67 bits per heavy atom. The summed E-state index contributed by atoms with van der Waals surface area (Å²) in [5, 5.41) is 7.87. The smallest absolute Gasteiger partial charge is 0.160 e. The van der Waals surface area contributed by atoms with Crippen molar-refractivity contribution < 1.29 is 4.74 Å². The van der Waals surface area contributed by atoms with E-state index >= 15 is 0 Å². The first-order valence-corrected chi connectivity index (χ1v) is 6.93. The molecule has 1 rings (SSSR count). The Morgan fingerprint density at radius 2 is 2.11 bits per heavy atom. The maximum atomic E-state index is 5.42. The van der Waals surface area contributed by atoms with Crippen LogP contribution < -0.4 is 10.1 Å². The number of rotatable bonds is 8. The first-order valence-electron chi connectivity index (χ1n) is 6.93. The van der Waals surface area contributed by atoms with Crippen LogP contribution in [0, 0.1) is 0 Å². The average Bonchev–Trinajstić information content (AvgIpc) is 2.72. The number of hydrogen-bond donors (Lipinski definition) is 1. The van der Waals surface area contributed by atoms with E-state index in [1.807, 2.05) is 6.20 Å². The van der Waals surface area contributed by atoms with Gasteiger partial charge in [0.15, 0.2) is 5.75 Å². The Kier molecular flexibility index (Phi) is 6.19. The van der Waals surface area contributed by atoms with Crippen molar-refractivity contribution >= 4 is 0 Å². The number of aryl methyl sites for hydroxylation is 1. The van der Waals surface area contributed by atoms with Gasteiger partial charge in [0.1, 0.15) is 0 Å². The number of nitrogens with zero attached hydrogens (tertiary/aromatic N) is 2. The molecule has 1 aromatic heterocycles. The summed E-state index contributed by atoms with van der Waals surface area (Å²) < 4.78 is 7.50. The predicted octanol–water partition coefficient (Wildman–Crippen LogP) is 2.79. The second-order valence-corrected chi connectivity index (χ2v) is 5.12. The summed E-state index contributed by atoms with van der Waals surface area (Å²) in [6.45, 7) is 10.7. The lowest BCUT2D eigenvalue weighted by molar-refractivity contribution is 0.398. The molecule has 0 bridgehead atoms. The van der Waals surface area contributed by atoms with Crippen LogP contribution in [-0.2, 0) is 6.54 Å². The molecule has 1 aromatic rings. The van der Waals surface area contributed by atoms with Gasteiger partial charge in [-0.25, -0.2) is 0 Å². The molecule has 1 heterocycles. The van der Waals surface area contributed by atoms with Crippen LogP contribution in [0.4, 0.5) is 0 Å². The summed E-state index contributed by atoms with van der Waals surface area (Å²) in [6.07, 6.45) is 4.02. The topological polar surface area (TPSA) is 39.1 Å². The Balaban J connectivity index is 2.69. The molecular weight excluding hydrogens is 226 g/mol. The van der Waals surface area contributed by atoms with Gasteiger partial charge < -0.3 is 10.1 Å². The van der Waals surface area contributed by atoms with Crippen molar-refractivity contribution in [2.45, 2.75) is 59.0 Å². The third-order valence-electron chi connectivity index (χ3n) is 3.10. The minimum absolute atomic E-state index is 0.459. The van der Waals surface area contributed by atoms with Crippen molar-refractivity contribution in [3.8, 4) is 5.75 Å². The lowest BCUT2D eigenvalue weighted by Gasteiger charge is -2.16. The van der Waals surface area contributed by atoms with Crippen LogP contribution in [0.3, 0.4) is 0 Å². The van der Waals surface area contributed by atoms with Gasteiger partial charge >= 0.3 is 0 Å².